The number of benzene rings is 1. The van der Waals surface area contributed by atoms with E-state index < -0.39 is 11.5 Å². The monoisotopic (exact) mass is 374 g/mol. The van der Waals surface area contributed by atoms with E-state index in [2.05, 4.69) is 20.5 Å². The molecular weight excluding hydrogens is 360 g/mol. The van der Waals surface area contributed by atoms with Crippen LogP contribution < -0.4 is 10.9 Å². The summed E-state index contributed by atoms with van der Waals surface area (Å²) in [5.41, 5.74) is 0.281. The molecule has 10 heteroatoms. The first kappa shape index (κ1) is 17.6. The Labute approximate surface area is 153 Å². The van der Waals surface area contributed by atoms with Crippen molar-refractivity contribution in [2.75, 3.05) is 12.4 Å². The van der Waals surface area contributed by atoms with Crippen molar-refractivity contribution in [1.82, 2.24) is 24.5 Å². The first-order valence-electron chi connectivity index (χ1n) is 7.55. The molecule has 0 aliphatic heterocycles. The van der Waals surface area contributed by atoms with Crippen molar-refractivity contribution >= 4 is 23.3 Å². The minimum Gasteiger partial charge on any atom is -0.465 e. The minimum absolute atomic E-state index is 0.0539. The number of methoxy groups -OCH3 is 1. The standard InChI is InChI=1S/C16H15ClN6O3/c1-22-13(19-9-21-22)8-18-11-7-20-23(15(24)14(11)17)12-6-4-3-5-10(12)16(25)26-2/h3-7,9,18H,8H2,1-2H3. The molecule has 1 N–H and O–H groups in total. The van der Waals surface area contributed by atoms with Gasteiger partial charge in [-0.05, 0) is 12.1 Å². The van der Waals surface area contributed by atoms with Crippen molar-refractivity contribution in [3.8, 4) is 5.69 Å². The number of nitrogens with one attached hydrogen (secondary N) is 1. The number of nitrogens with zero attached hydrogens (tertiary/aromatic N) is 5. The van der Waals surface area contributed by atoms with Crippen molar-refractivity contribution in [3.05, 3.63) is 63.6 Å². The summed E-state index contributed by atoms with van der Waals surface area (Å²) < 4.78 is 7.40. The summed E-state index contributed by atoms with van der Waals surface area (Å²) in [6.45, 7) is 0.320. The maximum atomic E-state index is 12.6. The van der Waals surface area contributed by atoms with Gasteiger partial charge in [-0.25, -0.2) is 9.78 Å². The van der Waals surface area contributed by atoms with Gasteiger partial charge in [0.25, 0.3) is 5.56 Å². The van der Waals surface area contributed by atoms with Crippen LogP contribution in [0.25, 0.3) is 5.69 Å². The maximum absolute atomic E-state index is 12.6. The number of para-hydroxylation sites is 1. The first-order chi connectivity index (χ1) is 12.5. The second kappa shape index (κ2) is 7.36. The largest absolute Gasteiger partial charge is 0.465 e. The summed E-state index contributed by atoms with van der Waals surface area (Å²) in [5, 5.41) is 11.0. The summed E-state index contributed by atoms with van der Waals surface area (Å²) in [6, 6.07) is 6.48. The number of carbonyl (C=O) groups excluding carboxylic acids is 1. The summed E-state index contributed by atoms with van der Waals surface area (Å²) in [6.07, 6.45) is 2.84. The Kier molecular flexibility index (Phi) is 4.99. The molecule has 1 aromatic carbocycles. The summed E-state index contributed by atoms with van der Waals surface area (Å²) in [5.74, 6) is 0.0937. The van der Waals surface area contributed by atoms with Gasteiger partial charge in [0.1, 0.15) is 17.2 Å². The van der Waals surface area contributed by atoms with Crippen molar-refractivity contribution in [2.24, 2.45) is 7.05 Å². The molecule has 0 atom stereocenters. The fourth-order valence-electron chi connectivity index (χ4n) is 2.32. The Hall–Kier alpha value is -3.20. The fourth-order valence-corrected chi connectivity index (χ4v) is 2.52. The molecule has 0 aliphatic carbocycles. The first-order valence-corrected chi connectivity index (χ1v) is 7.93. The highest BCUT2D eigenvalue weighted by atomic mass is 35.5. The Morgan fingerprint density at radius 1 is 1.31 bits per heavy atom. The molecule has 0 bridgehead atoms. The molecule has 0 unspecified atom stereocenters. The topological polar surface area (TPSA) is 104 Å². The molecule has 0 amide bonds. The molecule has 2 aromatic heterocycles. The number of rotatable bonds is 5. The highest BCUT2D eigenvalue weighted by Gasteiger charge is 2.17. The minimum atomic E-state index is -0.574. The quantitative estimate of drug-likeness (QED) is 0.673. The van der Waals surface area contributed by atoms with E-state index in [-0.39, 0.29) is 16.3 Å². The van der Waals surface area contributed by atoms with E-state index in [4.69, 9.17) is 16.3 Å². The number of ether oxygens (including phenoxy) is 1. The van der Waals surface area contributed by atoms with E-state index >= 15 is 0 Å². The van der Waals surface area contributed by atoms with Crippen molar-refractivity contribution in [3.63, 3.8) is 0 Å². The number of hydrogen-bond acceptors (Lipinski definition) is 7. The van der Waals surface area contributed by atoms with Gasteiger partial charge in [-0.3, -0.25) is 9.48 Å². The van der Waals surface area contributed by atoms with Crippen LogP contribution in [0.3, 0.4) is 0 Å². The molecule has 0 saturated carbocycles. The molecule has 26 heavy (non-hydrogen) atoms. The smallest absolute Gasteiger partial charge is 0.340 e. The number of aryl methyl sites for hydroxylation is 1. The Balaban J connectivity index is 1.95. The third-order valence-corrected chi connectivity index (χ3v) is 4.06. The molecular formula is C16H15ClN6O3. The van der Waals surface area contributed by atoms with Gasteiger partial charge in [0, 0.05) is 7.05 Å². The second-order valence-corrected chi connectivity index (χ2v) is 5.63. The number of halogens is 1. The van der Waals surface area contributed by atoms with Crippen LogP contribution in [0, 0.1) is 0 Å². The molecule has 2 heterocycles. The normalized spacial score (nSPS) is 10.6. The number of aromatic nitrogens is 5. The lowest BCUT2D eigenvalue weighted by molar-refractivity contribution is 0.0600. The zero-order chi connectivity index (χ0) is 18.7. The third-order valence-electron chi connectivity index (χ3n) is 3.70. The summed E-state index contributed by atoms with van der Waals surface area (Å²) >= 11 is 6.20. The number of hydrogen-bond donors (Lipinski definition) is 1. The Morgan fingerprint density at radius 3 is 2.77 bits per heavy atom. The van der Waals surface area contributed by atoms with Crippen LogP contribution in [-0.2, 0) is 18.3 Å². The molecule has 3 aromatic rings. The molecule has 0 fully saturated rings. The van der Waals surface area contributed by atoms with Gasteiger partial charge >= 0.3 is 5.97 Å². The van der Waals surface area contributed by atoms with Crippen LogP contribution in [0.15, 0.2) is 41.6 Å². The van der Waals surface area contributed by atoms with Gasteiger partial charge in [0.15, 0.2) is 0 Å². The summed E-state index contributed by atoms with van der Waals surface area (Å²) in [7, 11) is 3.02. The van der Waals surface area contributed by atoms with E-state index in [1.807, 2.05) is 0 Å². The number of anilines is 1. The predicted molar refractivity (Wildman–Crippen MR) is 94.5 cm³/mol. The van der Waals surface area contributed by atoms with Crippen LogP contribution in [0.2, 0.25) is 5.02 Å². The highest BCUT2D eigenvalue weighted by Crippen LogP contribution is 2.19. The number of esters is 1. The van der Waals surface area contributed by atoms with Gasteiger partial charge < -0.3 is 10.1 Å². The lowest BCUT2D eigenvalue weighted by Gasteiger charge is -2.12. The lowest BCUT2D eigenvalue weighted by Crippen LogP contribution is -2.24. The molecule has 0 spiro atoms. The zero-order valence-corrected chi connectivity index (χ0v) is 14.8. The Bertz CT molecular complexity index is 1010. The van der Waals surface area contributed by atoms with E-state index in [0.717, 1.165) is 4.68 Å². The molecule has 0 aliphatic rings. The van der Waals surface area contributed by atoms with Gasteiger partial charge in [-0.15, -0.1) is 0 Å². The van der Waals surface area contributed by atoms with Gasteiger partial charge in [0.2, 0.25) is 0 Å². The average Bonchev–Trinajstić information content (AvgIpc) is 3.07. The van der Waals surface area contributed by atoms with Crippen LogP contribution in [0.5, 0.6) is 0 Å². The van der Waals surface area contributed by atoms with Gasteiger partial charge in [-0.2, -0.15) is 14.9 Å². The second-order valence-electron chi connectivity index (χ2n) is 5.25. The zero-order valence-electron chi connectivity index (χ0n) is 14.0. The fraction of sp³-hybridized carbons (Fsp3) is 0.188. The van der Waals surface area contributed by atoms with E-state index in [9.17, 15) is 9.59 Å². The molecule has 0 radical (unpaired) electrons. The Morgan fingerprint density at radius 2 is 2.08 bits per heavy atom. The van der Waals surface area contributed by atoms with Crippen molar-refractivity contribution in [2.45, 2.75) is 6.54 Å². The van der Waals surface area contributed by atoms with Crippen LogP contribution in [-0.4, -0.2) is 37.6 Å². The number of carbonyl (C=O) groups is 1. The third kappa shape index (κ3) is 3.29. The molecule has 9 nitrogen and oxygen atoms in total. The van der Waals surface area contributed by atoms with Crippen LogP contribution in [0.1, 0.15) is 16.2 Å². The molecule has 0 saturated heterocycles. The molecule has 3 rings (SSSR count). The van der Waals surface area contributed by atoms with Crippen molar-refractivity contribution < 1.29 is 9.53 Å². The average molecular weight is 375 g/mol. The summed E-state index contributed by atoms with van der Waals surface area (Å²) in [4.78, 5) is 28.6. The SMILES string of the molecule is COC(=O)c1ccccc1-n1ncc(NCc2ncnn2C)c(Cl)c1=O. The predicted octanol–water partition coefficient (Wildman–Crippen LogP) is 1.41. The van der Waals surface area contributed by atoms with Crippen molar-refractivity contribution in [1.29, 1.82) is 0 Å². The van der Waals surface area contributed by atoms with Crippen LogP contribution >= 0.6 is 11.6 Å². The van der Waals surface area contributed by atoms with E-state index in [1.165, 1.54) is 19.6 Å². The van der Waals surface area contributed by atoms with Crippen LogP contribution in [0.4, 0.5) is 5.69 Å². The van der Waals surface area contributed by atoms with E-state index in [1.54, 1.807) is 36.0 Å². The molecule has 134 valence electrons. The van der Waals surface area contributed by atoms with Gasteiger partial charge in [0.05, 0.1) is 36.8 Å². The highest BCUT2D eigenvalue weighted by molar-refractivity contribution is 6.32. The maximum Gasteiger partial charge on any atom is 0.340 e. The van der Waals surface area contributed by atoms with Gasteiger partial charge in [-0.1, -0.05) is 23.7 Å². The van der Waals surface area contributed by atoms with E-state index in [0.29, 0.717) is 18.1 Å². The lowest BCUT2D eigenvalue weighted by atomic mass is 10.2.